The first-order valence-corrected chi connectivity index (χ1v) is 17.5. The third-order valence-corrected chi connectivity index (χ3v) is 10.7. The van der Waals surface area contributed by atoms with Crippen LogP contribution >= 0.6 is 0 Å². The molecule has 0 amide bonds. The second-order valence-electron chi connectivity index (χ2n) is 13.4. The van der Waals surface area contributed by atoms with Crippen LogP contribution in [0.1, 0.15) is 18.2 Å². The average molecular weight is 654 g/mol. The molecule has 0 fully saturated rings. The molecule has 0 aliphatic heterocycles. The zero-order chi connectivity index (χ0) is 33.8. The van der Waals surface area contributed by atoms with Gasteiger partial charge in [-0.15, -0.1) is 0 Å². The Morgan fingerprint density at radius 3 is 2.22 bits per heavy atom. The maximum atomic E-state index is 5.21. The van der Waals surface area contributed by atoms with Gasteiger partial charge in [0.1, 0.15) is 5.65 Å². The van der Waals surface area contributed by atoms with Gasteiger partial charge in [0.2, 0.25) is 0 Å². The maximum absolute atomic E-state index is 5.21. The summed E-state index contributed by atoms with van der Waals surface area (Å²) in [5.41, 5.74) is 13.4. The molecule has 0 aliphatic rings. The van der Waals surface area contributed by atoms with E-state index < -0.39 is 0 Å². The van der Waals surface area contributed by atoms with Crippen LogP contribution in [-0.4, -0.2) is 23.5 Å². The number of hydrogen-bond donors (Lipinski definition) is 0. The Morgan fingerprint density at radius 2 is 1.33 bits per heavy atom. The topological polar surface area (TPSA) is 40.1 Å². The Kier molecular flexibility index (Phi) is 5.74. The maximum Gasteiger partial charge on any atom is 0.148 e. The van der Waals surface area contributed by atoms with Crippen molar-refractivity contribution in [1.82, 2.24) is 23.5 Å². The molecule has 11 aromatic rings. The smallest absolute Gasteiger partial charge is 0.148 e. The number of para-hydroxylation sites is 4. The van der Waals surface area contributed by atoms with Crippen LogP contribution in [0.4, 0.5) is 0 Å². The van der Waals surface area contributed by atoms with Crippen molar-refractivity contribution >= 4 is 88.0 Å². The standard InChI is InChI=1S/C46H31N5/c1-3-12-38-28(2)32-23-24-35-33-16-7-9-18-39(33)50(45(35)44(32)49(38)30-14-5-4-6-15-30)31-21-25-40-36(27-31)34-22-20-29-13-11-26-47-43(29)42(34)46-48-37-17-8-10-19-41(37)51(40)46/h3-27H,1-2H3/b12-3-. The molecule has 6 aromatic carbocycles. The molecule has 5 heteroatoms. The van der Waals surface area contributed by atoms with Crippen molar-refractivity contribution in [1.29, 1.82) is 0 Å². The lowest BCUT2D eigenvalue weighted by molar-refractivity contribution is 1.09. The lowest BCUT2D eigenvalue weighted by atomic mass is 10.0. The minimum absolute atomic E-state index is 0.932. The van der Waals surface area contributed by atoms with Gasteiger partial charge in [0.15, 0.2) is 0 Å². The zero-order valence-corrected chi connectivity index (χ0v) is 28.2. The summed E-state index contributed by atoms with van der Waals surface area (Å²) in [5, 5.41) is 8.20. The molecule has 0 aliphatic carbocycles. The molecule has 0 spiro atoms. The molecule has 0 N–H and O–H groups in total. The van der Waals surface area contributed by atoms with Crippen molar-refractivity contribution in [3.05, 3.63) is 157 Å². The molecule has 51 heavy (non-hydrogen) atoms. The van der Waals surface area contributed by atoms with E-state index in [0.717, 1.165) is 60.6 Å². The Morgan fingerprint density at radius 1 is 0.569 bits per heavy atom. The number of nitrogens with zero attached hydrogens (tertiary/aromatic N) is 5. The first-order valence-electron chi connectivity index (χ1n) is 17.5. The fourth-order valence-corrected chi connectivity index (χ4v) is 8.57. The lowest BCUT2D eigenvalue weighted by Gasteiger charge is -2.15. The highest BCUT2D eigenvalue weighted by molar-refractivity contribution is 6.23. The van der Waals surface area contributed by atoms with E-state index in [0.29, 0.717) is 0 Å². The van der Waals surface area contributed by atoms with Crippen molar-refractivity contribution in [3.63, 3.8) is 0 Å². The van der Waals surface area contributed by atoms with Gasteiger partial charge < -0.3 is 9.13 Å². The fraction of sp³-hybridized carbons (Fsp3) is 0.0435. The molecule has 240 valence electrons. The molecule has 0 bridgehead atoms. The number of allylic oxidation sites excluding steroid dienone is 1. The summed E-state index contributed by atoms with van der Waals surface area (Å²) in [5.74, 6) is 0. The number of pyridine rings is 2. The second kappa shape index (κ2) is 10.4. The summed E-state index contributed by atoms with van der Waals surface area (Å²) in [6.07, 6.45) is 6.26. The molecule has 11 rings (SSSR count). The molecule has 0 saturated heterocycles. The third-order valence-electron chi connectivity index (χ3n) is 10.7. The minimum atomic E-state index is 0.932. The van der Waals surface area contributed by atoms with E-state index >= 15 is 0 Å². The highest BCUT2D eigenvalue weighted by atomic mass is 15.1. The molecule has 0 saturated carbocycles. The van der Waals surface area contributed by atoms with Crippen molar-refractivity contribution in [2.75, 3.05) is 0 Å². The number of imidazole rings is 1. The van der Waals surface area contributed by atoms with Gasteiger partial charge in [-0.1, -0.05) is 84.9 Å². The van der Waals surface area contributed by atoms with E-state index in [9.17, 15) is 0 Å². The summed E-state index contributed by atoms with van der Waals surface area (Å²) in [6, 6.07) is 48.1. The molecule has 0 unspecified atom stereocenters. The van der Waals surface area contributed by atoms with Crippen LogP contribution in [0.15, 0.2) is 146 Å². The Bertz CT molecular complexity index is 3270. The van der Waals surface area contributed by atoms with Crippen LogP contribution in [0.5, 0.6) is 0 Å². The molecule has 0 radical (unpaired) electrons. The lowest BCUT2D eigenvalue weighted by Crippen LogP contribution is -2.01. The van der Waals surface area contributed by atoms with Crippen LogP contribution in [-0.2, 0) is 0 Å². The number of fused-ring (bicyclic) bond motifs is 15. The van der Waals surface area contributed by atoms with E-state index in [1.54, 1.807) is 0 Å². The van der Waals surface area contributed by atoms with Gasteiger partial charge in [-0.2, -0.15) is 0 Å². The quantitative estimate of drug-likeness (QED) is 0.178. The number of benzene rings is 6. The molecule has 5 aromatic heterocycles. The van der Waals surface area contributed by atoms with E-state index in [4.69, 9.17) is 9.97 Å². The Hall–Kier alpha value is -6.72. The van der Waals surface area contributed by atoms with E-state index in [2.05, 4.69) is 167 Å². The summed E-state index contributed by atoms with van der Waals surface area (Å²) in [7, 11) is 0. The van der Waals surface area contributed by atoms with Crippen LogP contribution in [0.25, 0.3) is 99.4 Å². The number of aryl methyl sites for hydroxylation is 1. The van der Waals surface area contributed by atoms with E-state index in [-0.39, 0.29) is 0 Å². The first-order chi connectivity index (χ1) is 25.2. The predicted octanol–water partition coefficient (Wildman–Crippen LogP) is 11.7. The zero-order valence-electron chi connectivity index (χ0n) is 28.2. The van der Waals surface area contributed by atoms with Crippen molar-refractivity contribution in [3.8, 4) is 11.4 Å². The summed E-state index contributed by atoms with van der Waals surface area (Å²) >= 11 is 0. The van der Waals surface area contributed by atoms with Gasteiger partial charge in [-0.3, -0.25) is 9.38 Å². The molecular formula is C46H31N5. The number of aromatic nitrogens is 5. The average Bonchev–Trinajstić information content (AvgIpc) is 3.83. The molecular weight excluding hydrogens is 623 g/mol. The summed E-state index contributed by atoms with van der Waals surface area (Å²) < 4.78 is 7.24. The Labute approximate surface area is 292 Å². The van der Waals surface area contributed by atoms with Crippen molar-refractivity contribution < 1.29 is 0 Å². The SMILES string of the molecule is C/C=C\c1c(C)c2ccc3c4ccccc4n(-c4ccc5c(c4)c4ccc6cccnc6c4c4nc6ccccc6n54)c3c2n1-c1ccccc1. The largest absolute Gasteiger partial charge is 0.308 e. The van der Waals surface area contributed by atoms with Crippen LogP contribution in [0.2, 0.25) is 0 Å². The summed E-state index contributed by atoms with van der Waals surface area (Å²) in [6.45, 7) is 4.34. The van der Waals surface area contributed by atoms with Gasteiger partial charge >= 0.3 is 0 Å². The van der Waals surface area contributed by atoms with Gasteiger partial charge in [-0.05, 0) is 85.5 Å². The van der Waals surface area contributed by atoms with Gasteiger partial charge in [0.25, 0.3) is 0 Å². The minimum Gasteiger partial charge on any atom is -0.308 e. The first kappa shape index (κ1) is 28.2. The molecule has 0 atom stereocenters. The van der Waals surface area contributed by atoms with Gasteiger partial charge in [0.05, 0.1) is 44.0 Å². The number of hydrogen-bond acceptors (Lipinski definition) is 2. The second-order valence-corrected chi connectivity index (χ2v) is 13.4. The Balaban J connectivity index is 1.34. The molecule has 5 nitrogen and oxygen atoms in total. The van der Waals surface area contributed by atoms with Gasteiger partial charge in [0, 0.05) is 50.2 Å². The number of rotatable bonds is 3. The van der Waals surface area contributed by atoms with E-state index in [1.807, 2.05) is 12.3 Å². The van der Waals surface area contributed by atoms with E-state index in [1.165, 1.54) is 44.0 Å². The third kappa shape index (κ3) is 3.75. The van der Waals surface area contributed by atoms with Gasteiger partial charge in [-0.25, -0.2) is 4.98 Å². The predicted molar refractivity (Wildman–Crippen MR) is 214 cm³/mol. The van der Waals surface area contributed by atoms with Crippen molar-refractivity contribution in [2.24, 2.45) is 0 Å². The fourth-order valence-electron chi connectivity index (χ4n) is 8.57. The normalized spacial score (nSPS) is 12.4. The highest BCUT2D eigenvalue weighted by Crippen LogP contribution is 2.42. The monoisotopic (exact) mass is 653 g/mol. The summed E-state index contributed by atoms with van der Waals surface area (Å²) in [4.78, 5) is 10.1. The van der Waals surface area contributed by atoms with Crippen molar-refractivity contribution in [2.45, 2.75) is 13.8 Å². The highest BCUT2D eigenvalue weighted by Gasteiger charge is 2.23. The van der Waals surface area contributed by atoms with Crippen LogP contribution in [0.3, 0.4) is 0 Å². The van der Waals surface area contributed by atoms with Crippen LogP contribution < -0.4 is 0 Å². The van der Waals surface area contributed by atoms with Crippen LogP contribution in [0, 0.1) is 6.92 Å². The molecule has 5 heterocycles.